The third kappa shape index (κ3) is 3.67. The van der Waals surface area contributed by atoms with E-state index in [1.54, 1.807) is 24.3 Å². The first kappa shape index (κ1) is 16.5. The maximum Gasteiger partial charge on any atom is 0.0998 e. The Morgan fingerprint density at radius 1 is 1.18 bits per heavy atom. The second-order valence-corrected chi connectivity index (χ2v) is 6.08. The summed E-state index contributed by atoms with van der Waals surface area (Å²) >= 11 is 6.47. The second kappa shape index (κ2) is 6.94. The van der Waals surface area contributed by atoms with Gasteiger partial charge in [-0.25, -0.2) is 0 Å². The molecule has 2 rings (SSSR count). The zero-order chi connectivity index (χ0) is 16.3. The smallest absolute Gasteiger partial charge is 0.0998 e. The van der Waals surface area contributed by atoms with Crippen molar-refractivity contribution in [3.8, 4) is 11.8 Å². The van der Waals surface area contributed by atoms with Crippen LogP contribution < -0.4 is 10.3 Å². The Kier molecular flexibility index (Phi) is 5.21. The average molecular weight is 425 g/mol. The van der Waals surface area contributed by atoms with E-state index in [0.717, 1.165) is 0 Å². The molecule has 7 heteroatoms. The second-order valence-electron chi connectivity index (χ2n) is 4.31. The zero-order valence-corrected chi connectivity index (χ0v) is 14.2. The van der Waals surface area contributed by atoms with Gasteiger partial charge in [0.1, 0.15) is 0 Å². The van der Waals surface area contributed by atoms with E-state index in [4.69, 9.17) is 10.4 Å². The summed E-state index contributed by atoms with van der Waals surface area (Å²) in [6.07, 6.45) is 1.49. The molecule has 0 bridgehead atoms. The van der Waals surface area contributed by atoms with Crippen LogP contribution in [-0.2, 0) is 0 Å². The van der Waals surface area contributed by atoms with Crippen LogP contribution in [0.1, 0.15) is 11.1 Å². The molecule has 0 aliphatic rings. The maximum absolute atomic E-state index is 12.1. The van der Waals surface area contributed by atoms with Crippen molar-refractivity contribution in [2.24, 2.45) is 0 Å². The molecule has 2 aromatic carbocycles. The van der Waals surface area contributed by atoms with Crippen LogP contribution in [0.4, 0.5) is 5.69 Å². The van der Waals surface area contributed by atoms with Gasteiger partial charge >= 0.3 is 0 Å². The number of nitriles is 1. The molecule has 0 atom stereocenters. The molecule has 0 unspecified atom stereocenters. The highest BCUT2D eigenvalue weighted by Crippen LogP contribution is 2.32. The first-order chi connectivity index (χ1) is 10.4. The lowest BCUT2D eigenvalue weighted by Gasteiger charge is -2.14. The normalized spacial score (nSPS) is 11.1. The molecule has 22 heavy (non-hydrogen) atoms. The summed E-state index contributed by atoms with van der Waals surface area (Å²) in [4.78, 5) is 0. The van der Waals surface area contributed by atoms with E-state index in [1.165, 1.54) is 18.2 Å². The summed E-state index contributed by atoms with van der Waals surface area (Å²) in [5, 5.41) is 39.1. The SMILES string of the molecule is N#C/C(=C/c1cc(Br)cc(Br)c1[O-])c1ccc(N(O)O)cc1. The molecule has 0 aliphatic heterocycles. The van der Waals surface area contributed by atoms with Crippen LogP contribution in [0.3, 0.4) is 0 Å². The molecule has 5 nitrogen and oxygen atoms in total. The Bertz CT molecular complexity index is 766. The van der Waals surface area contributed by atoms with Gasteiger partial charge in [0.15, 0.2) is 0 Å². The molecule has 0 spiro atoms. The summed E-state index contributed by atoms with van der Waals surface area (Å²) in [5.74, 6) is -0.218. The molecule has 0 heterocycles. The van der Waals surface area contributed by atoms with Crippen molar-refractivity contribution in [1.82, 2.24) is 0 Å². The first-order valence-electron chi connectivity index (χ1n) is 5.98. The van der Waals surface area contributed by atoms with E-state index in [9.17, 15) is 10.4 Å². The largest absolute Gasteiger partial charge is 0.871 e. The van der Waals surface area contributed by atoms with Crippen LogP contribution in [0.5, 0.6) is 5.75 Å². The van der Waals surface area contributed by atoms with E-state index in [2.05, 4.69) is 31.9 Å². The van der Waals surface area contributed by atoms with Crippen molar-refractivity contribution < 1.29 is 15.5 Å². The van der Waals surface area contributed by atoms with Crippen LogP contribution in [0.25, 0.3) is 11.6 Å². The number of anilines is 1. The van der Waals surface area contributed by atoms with Gasteiger partial charge in [0.05, 0.1) is 17.3 Å². The van der Waals surface area contributed by atoms with Gasteiger partial charge in [-0.1, -0.05) is 49.7 Å². The molecule has 0 amide bonds. The highest BCUT2D eigenvalue weighted by atomic mass is 79.9. The molecule has 0 saturated heterocycles. The van der Waals surface area contributed by atoms with E-state index in [0.29, 0.717) is 20.1 Å². The summed E-state index contributed by atoms with van der Waals surface area (Å²) in [6.45, 7) is 0. The first-order valence-corrected chi connectivity index (χ1v) is 7.57. The summed E-state index contributed by atoms with van der Waals surface area (Å²) in [5.41, 5.74) is 1.38. The highest BCUT2D eigenvalue weighted by Gasteiger charge is 2.05. The fourth-order valence-corrected chi connectivity index (χ4v) is 3.06. The fraction of sp³-hybridized carbons (Fsp3) is 0. The number of benzene rings is 2. The standard InChI is InChI=1S/C15H10Br2N2O3/c16-12-6-10(15(20)14(17)7-12)5-11(8-18)9-1-3-13(4-2-9)19(21)22/h1-7,20-22H/p-1/b11-5-. The van der Waals surface area contributed by atoms with E-state index >= 15 is 0 Å². The zero-order valence-electron chi connectivity index (χ0n) is 11.0. The number of halogens is 2. The van der Waals surface area contributed by atoms with Crippen molar-refractivity contribution in [2.45, 2.75) is 0 Å². The third-order valence-electron chi connectivity index (χ3n) is 2.87. The molecule has 2 aromatic rings. The lowest BCUT2D eigenvalue weighted by molar-refractivity contribution is -0.269. The molecule has 0 fully saturated rings. The van der Waals surface area contributed by atoms with Gasteiger partial charge in [-0.15, -0.1) is 5.23 Å². The van der Waals surface area contributed by atoms with Gasteiger partial charge in [-0.2, -0.15) is 5.26 Å². The quantitative estimate of drug-likeness (QED) is 0.442. The summed E-state index contributed by atoms with van der Waals surface area (Å²) in [7, 11) is 0. The van der Waals surface area contributed by atoms with Crippen molar-refractivity contribution in [1.29, 1.82) is 5.26 Å². The monoisotopic (exact) mass is 423 g/mol. The van der Waals surface area contributed by atoms with Crippen LogP contribution in [0.2, 0.25) is 0 Å². The van der Waals surface area contributed by atoms with Gasteiger partial charge in [0.2, 0.25) is 0 Å². The molecular formula is C15H9Br2N2O3-. The lowest BCUT2D eigenvalue weighted by Crippen LogP contribution is -2.10. The minimum absolute atomic E-state index is 0.0132. The lowest BCUT2D eigenvalue weighted by atomic mass is 10.0. The van der Waals surface area contributed by atoms with Gasteiger partial charge in [-0.05, 0) is 41.5 Å². The van der Waals surface area contributed by atoms with Crippen LogP contribution in [0, 0.1) is 11.3 Å². The Morgan fingerprint density at radius 3 is 2.36 bits per heavy atom. The van der Waals surface area contributed by atoms with Gasteiger partial charge in [-0.3, -0.25) is 10.4 Å². The van der Waals surface area contributed by atoms with Crippen LogP contribution in [0.15, 0.2) is 45.3 Å². The molecule has 0 aromatic heterocycles. The predicted octanol–water partition coefficient (Wildman–Crippen LogP) is 3.93. The number of nitrogens with zero attached hydrogens (tertiary/aromatic N) is 2. The number of rotatable bonds is 3. The Balaban J connectivity index is 2.46. The maximum atomic E-state index is 12.1. The van der Waals surface area contributed by atoms with Crippen LogP contribution in [-0.4, -0.2) is 10.4 Å². The average Bonchev–Trinajstić information content (AvgIpc) is 2.49. The number of allylic oxidation sites excluding steroid dienone is 1. The molecular weight excluding hydrogens is 416 g/mol. The highest BCUT2D eigenvalue weighted by molar-refractivity contribution is 9.11. The van der Waals surface area contributed by atoms with Crippen molar-refractivity contribution in [3.63, 3.8) is 0 Å². The Labute approximate surface area is 143 Å². The van der Waals surface area contributed by atoms with Crippen molar-refractivity contribution in [3.05, 3.63) is 56.5 Å². The van der Waals surface area contributed by atoms with E-state index < -0.39 is 0 Å². The molecule has 0 aliphatic carbocycles. The number of hydrogen-bond donors (Lipinski definition) is 2. The van der Waals surface area contributed by atoms with Crippen molar-refractivity contribution in [2.75, 3.05) is 5.23 Å². The Hall–Kier alpha value is -1.85. The van der Waals surface area contributed by atoms with E-state index in [1.807, 2.05) is 6.07 Å². The molecule has 0 saturated carbocycles. The predicted molar refractivity (Wildman–Crippen MR) is 87.3 cm³/mol. The molecule has 112 valence electrons. The van der Waals surface area contributed by atoms with Gasteiger partial charge in [0.25, 0.3) is 0 Å². The van der Waals surface area contributed by atoms with Crippen LogP contribution >= 0.6 is 31.9 Å². The molecule has 2 N–H and O–H groups in total. The third-order valence-corrected chi connectivity index (χ3v) is 3.91. The summed E-state index contributed by atoms with van der Waals surface area (Å²) in [6, 6.07) is 11.3. The Morgan fingerprint density at radius 2 is 1.82 bits per heavy atom. The fourth-order valence-electron chi connectivity index (χ4n) is 1.80. The van der Waals surface area contributed by atoms with Gasteiger partial charge < -0.3 is 5.11 Å². The minimum Gasteiger partial charge on any atom is -0.871 e. The van der Waals surface area contributed by atoms with E-state index in [-0.39, 0.29) is 22.2 Å². The topological polar surface area (TPSA) is 90.5 Å². The van der Waals surface area contributed by atoms with Crippen molar-refractivity contribution >= 4 is 49.2 Å². The molecule has 0 radical (unpaired) electrons. The van der Waals surface area contributed by atoms with Gasteiger partial charge in [0, 0.05) is 8.95 Å². The minimum atomic E-state index is -0.218. The number of hydrogen-bond acceptors (Lipinski definition) is 5. The summed E-state index contributed by atoms with van der Waals surface area (Å²) < 4.78 is 1.12.